The third-order valence-corrected chi connectivity index (χ3v) is 6.76. The lowest BCUT2D eigenvalue weighted by Crippen LogP contribution is -2.41. The van der Waals surface area contributed by atoms with Crippen LogP contribution in [-0.4, -0.2) is 59.0 Å². The van der Waals surface area contributed by atoms with E-state index in [1.165, 1.54) is 5.56 Å². The molecule has 33 heavy (non-hydrogen) atoms. The standard InChI is InChI=1S/C27H36N4O2/c1-4-5-16-29(2)27(32)22-14-17-30(18-15-22)20-26-28-24-8-6-7-9-25(24)31(26)19-21-10-12-23(33-3)13-11-21/h6-13,22H,4-5,14-20H2,1-3H3. The molecule has 2 aromatic carbocycles. The summed E-state index contributed by atoms with van der Waals surface area (Å²) in [6.45, 7) is 6.48. The lowest BCUT2D eigenvalue weighted by atomic mass is 9.95. The molecule has 0 N–H and O–H groups in total. The van der Waals surface area contributed by atoms with Gasteiger partial charge in [0, 0.05) is 26.1 Å². The van der Waals surface area contributed by atoms with Crippen LogP contribution in [0.1, 0.15) is 44.0 Å². The highest BCUT2D eigenvalue weighted by Crippen LogP contribution is 2.24. The van der Waals surface area contributed by atoms with Crippen molar-refractivity contribution in [1.82, 2.24) is 19.4 Å². The molecule has 1 saturated heterocycles. The zero-order valence-corrected chi connectivity index (χ0v) is 20.2. The second kappa shape index (κ2) is 10.8. The number of likely N-dealkylation sites (tertiary alicyclic amines) is 1. The Morgan fingerprint density at radius 1 is 1.09 bits per heavy atom. The van der Waals surface area contributed by atoms with Gasteiger partial charge in [0.15, 0.2) is 0 Å². The molecule has 4 rings (SSSR count). The van der Waals surface area contributed by atoms with Crippen molar-refractivity contribution in [2.24, 2.45) is 5.92 Å². The number of methoxy groups -OCH3 is 1. The zero-order valence-electron chi connectivity index (χ0n) is 20.2. The Morgan fingerprint density at radius 2 is 1.82 bits per heavy atom. The second-order valence-corrected chi connectivity index (χ2v) is 9.11. The van der Waals surface area contributed by atoms with Crippen LogP contribution in [0.4, 0.5) is 0 Å². The molecule has 1 aromatic heterocycles. The number of imidazole rings is 1. The van der Waals surface area contributed by atoms with Gasteiger partial charge in [0.05, 0.1) is 24.7 Å². The third kappa shape index (κ3) is 5.56. The molecule has 1 aliphatic rings. The molecule has 0 spiro atoms. The molecule has 0 aliphatic carbocycles. The van der Waals surface area contributed by atoms with Crippen molar-refractivity contribution < 1.29 is 9.53 Å². The predicted octanol–water partition coefficient (Wildman–Crippen LogP) is 4.56. The lowest BCUT2D eigenvalue weighted by Gasteiger charge is -2.33. The number of rotatable bonds is 9. The Labute approximate surface area is 197 Å². The lowest BCUT2D eigenvalue weighted by molar-refractivity contribution is -0.135. The Bertz CT molecular complexity index is 1050. The van der Waals surface area contributed by atoms with Gasteiger partial charge in [0.2, 0.25) is 5.91 Å². The second-order valence-electron chi connectivity index (χ2n) is 9.11. The molecule has 2 heterocycles. The number of aromatic nitrogens is 2. The highest BCUT2D eigenvalue weighted by molar-refractivity contribution is 5.78. The summed E-state index contributed by atoms with van der Waals surface area (Å²) in [5.74, 6) is 2.42. The van der Waals surface area contributed by atoms with Gasteiger partial charge in [-0.2, -0.15) is 0 Å². The molecule has 0 saturated carbocycles. The number of amides is 1. The Hall–Kier alpha value is -2.86. The summed E-state index contributed by atoms with van der Waals surface area (Å²) < 4.78 is 7.63. The van der Waals surface area contributed by atoms with E-state index in [1.807, 2.05) is 30.1 Å². The monoisotopic (exact) mass is 448 g/mol. The normalized spacial score (nSPS) is 15.1. The summed E-state index contributed by atoms with van der Waals surface area (Å²) in [6.07, 6.45) is 4.04. The van der Waals surface area contributed by atoms with E-state index in [2.05, 4.69) is 46.7 Å². The Morgan fingerprint density at radius 3 is 2.52 bits per heavy atom. The maximum Gasteiger partial charge on any atom is 0.225 e. The molecule has 176 valence electrons. The van der Waals surface area contributed by atoms with Gasteiger partial charge in [-0.25, -0.2) is 4.98 Å². The van der Waals surface area contributed by atoms with Gasteiger partial charge in [-0.15, -0.1) is 0 Å². The topological polar surface area (TPSA) is 50.6 Å². The summed E-state index contributed by atoms with van der Waals surface area (Å²) in [5, 5.41) is 0. The molecule has 0 atom stereocenters. The molecule has 0 radical (unpaired) electrons. The van der Waals surface area contributed by atoms with Gasteiger partial charge >= 0.3 is 0 Å². The number of hydrogen-bond acceptors (Lipinski definition) is 4. The van der Waals surface area contributed by atoms with E-state index in [0.29, 0.717) is 5.91 Å². The molecular weight excluding hydrogens is 412 g/mol. The fraction of sp³-hybridized carbons (Fsp3) is 0.481. The number of carbonyl (C=O) groups is 1. The van der Waals surface area contributed by atoms with E-state index in [4.69, 9.17) is 9.72 Å². The van der Waals surface area contributed by atoms with Gasteiger partial charge < -0.3 is 14.2 Å². The Kier molecular flexibility index (Phi) is 7.65. The SMILES string of the molecule is CCCCN(C)C(=O)C1CCN(Cc2nc3ccccc3n2Cc2ccc(OC)cc2)CC1. The number of hydrogen-bond donors (Lipinski definition) is 0. The van der Waals surface area contributed by atoms with Crippen molar-refractivity contribution in [1.29, 1.82) is 0 Å². The van der Waals surface area contributed by atoms with Crippen molar-refractivity contribution in [2.75, 3.05) is 33.8 Å². The van der Waals surface area contributed by atoms with E-state index >= 15 is 0 Å². The van der Waals surface area contributed by atoms with Crippen molar-refractivity contribution in [2.45, 2.75) is 45.7 Å². The van der Waals surface area contributed by atoms with Gasteiger partial charge in [-0.3, -0.25) is 9.69 Å². The van der Waals surface area contributed by atoms with Crippen LogP contribution in [-0.2, 0) is 17.9 Å². The van der Waals surface area contributed by atoms with Gasteiger partial charge in [-0.1, -0.05) is 37.6 Å². The molecule has 0 bridgehead atoms. The zero-order chi connectivity index (χ0) is 23.2. The average Bonchev–Trinajstić information content (AvgIpc) is 3.19. The van der Waals surface area contributed by atoms with E-state index in [0.717, 1.165) is 81.0 Å². The quantitative estimate of drug-likeness (QED) is 0.481. The summed E-state index contributed by atoms with van der Waals surface area (Å²) in [7, 11) is 3.64. The summed E-state index contributed by atoms with van der Waals surface area (Å²) in [4.78, 5) is 22.1. The number of carbonyl (C=O) groups excluding carboxylic acids is 1. The minimum atomic E-state index is 0.154. The first-order chi connectivity index (χ1) is 16.1. The first kappa shape index (κ1) is 23.3. The molecular formula is C27H36N4O2. The van der Waals surface area contributed by atoms with Crippen LogP contribution in [0, 0.1) is 5.92 Å². The van der Waals surface area contributed by atoms with Crippen LogP contribution in [0.2, 0.25) is 0 Å². The van der Waals surface area contributed by atoms with Gasteiger partial charge in [0.25, 0.3) is 0 Å². The number of unbranched alkanes of at least 4 members (excludes halogenated alkanes) is 1. The fourth-order valence-electron chi connectivity index (χ4n) is 4.69. The molecule has 3 aromatic rings. The minimum absolute atomic E-state index is 0.154. The smallest absolute Gasteiger partial charge is 0.225 e. The fourth-order valence-corrected chi connectivity index (χ4v) is 4.69. The number of para-hydroxylation sites is 2. The number of ether oxygens (including phenoxy) is 1. The van der Waals surface area contributed by atoms with E-state index in [9.17, 15) is 4.79 Å². The maximum atomic E-state index is 12.8. The maximum absolute atomic E-state index is 12.8. The molecule has 0 unspecified atom stereocenters. The average molecular weight is 449 g/mol. The van der Waals surface area contributed by atoms with E-state index < -0.39 is 0 Å². The largest absolute Gasteiger partial charge is 0.497 e. The van der Waals surface area contributed by atoms with Crippen LogP contribution >= 0.6 is 0 Å². The predicted molar refractivity (Wildman–Crippen MR) is 132 cm³/mol. The molecule has 1 amide bonds. The summed E-state index contributed by atoms with van der Waals surface area (Å²) in [5.41, 5.74) is 3.41. The number of benzene rings is 2. The van der Waals surface area contributed by atoms with Crippen LogP contribution < -0.4 is 4.74 Å². The molecule has 6 heteroatoms. The van der Waals surface area contributed by atoms with Crippen molar-refractivity contribution >= 4 is 16.9 Å². The van der Waals surface area contributed by atoms with Crippen LogP contribution in [0.3, 0.4) is 0 Å². The third-order valence-electron chi connectivity index (χ3n) is 6.76. The highest BCUT2D eigenvalue weighted by Gasteiger charge is 2.27. The number of piperidine rings is 1. The summed E-state index contributed by atoms with van der Waals surface area (Å²) >= 11 is 0. The van der Waals surface area contributed by atoms with Crippen LogP contribution in [0.25, 0.3) is 11.0 Å². The highest BCUT2D eigenvalue weighted by atomic mass is 16.5. The number of fused-ring (bicyclic) bond motifs is 1. The van der Waals surface area contributed by atoms with Gasteiger partial charge in [-0.05, 0) is 62.2 Å². The van der Waals surface area contributed by atoms with Gasteiger partial charge in [0.1, 0.15) is 11.6 Å². The first-order valence-corrected chi connectivity index (χ1v) is 12.1. The van der Waals surface area contributed by atoms with Crippen LogP contribution in [0.15, 0.2) is 48.5 Å². The van der Waals surface area contributed by atoms with Crippen LogP contribution in [0.5, 0.6) is 5.75 Å². The number of nitrogens with zero attached hydrogens (tertiary/aromatic N) is 4. The Balaban J connectivity index is 1.44. The van der Waals surface area contributed by atoms with E-state index in [-0.39, 0.29) is 5.92 Å². The van der Waals surface area contributed by atoms with Crippen molar-refractivity contribution in [3.8, 4) is 5.75 Å². The molecule has 1 aliphatic heterocycles. The minimum Gasteiger partial charge on any atom is -0.497 e. The summed E-state index contributed by atoms with van der Waals surface area (Å²) in [6, 6.07) is 16.6. The van der Waals surface area contributed by atoms with Crippen molar-refractivity contribution in [3.63, 3.8) is 0 Å². The van der Waals surface area contributed by atoms with E-state index in [1.54, 1.807) is 7.11 Å². The first-order valence-electron chi connectivity index (χ1n) is 12.1. The van der Waals surface area contributed by atoms with Crippen molar-refractivity contribution in [3.05, 3.63) is 59.9 Å². The molecule has 6 nitrogen and oxygen atoms in total. The molecule has 1 fully saturated rings.